The molecule has 1 rings (SSSR count). The maximum Gasteiger partial charge on any atom is 0.237 e. The molecule has 3 N–H and O–H groups in total. The van der Waals surface area contributed by atoms with Crippen LogP contribution in [0.4, 0.5) is 17.8 Å². The molecule has 0 aliphatic heterocycles. The van der Waals surface area contributed by atoms with E-state index in [1.165, 1.54) is 0 Å². The van der Waals surface area contributed by atoms with Crippen molar-refractivity contribution in [3.63, 3.8) is 0 Å². The van der Waals surface area contributed by atoms with Crippen molar-refractivity contribution in [3.05, 3.63) is 0 Å². The molecule has 0 saturated heterocycles. The number of amides is 1. The minimum atomic E-state index is -0.415. The molecule has 8 nitrogen and oxygen atoms in total. The summed E-state index contributed by atoms with van der Waals surface area (Å²) in [7, 11) is 3.71. The number of anilines is 3. The largest absolute Gasteiger partial charge is 0.368 e. The van der Waals surface area contributed by atoms with Crippen LogP contribution in [0.3, 0.4) is 0 Å². The van der Waals surface area contributed by atoms with E-state index >= 15 is 0 Å². The van der Waals surface area contributed by atoms with Gasteiger partial charge in [0.05, 0.1) is 6.54 Å². The number of carbonyl (C=O) groups excluding carboxylic acids is 1. The Balaban J connectivity index is 3.08. The van der Waals surface area contributed by atoms with Gasteiger partial charge in [-0.25, -0.2) is 0 Å². The summed E-state index contributed by atoms with van der Waals surface area (Å²) in [5, 5.41) is 3.13. The molecule has 0 aliphatic carbocycles. The van der Waals surface area contributed by atoms with Gasteiger partial charge in [-0.2, -0.15) is 15.0 Å². The molecular formula is C12H23N7O. The molecule has 1 aromatic rings. The smallest absolute Gasteiger partial charge is 0.237 e. The molecule has 1 amide bonds. The highest BCUT2D eigenvalue weighted by molar-refractivity contribution is 5.78. The first-order chi connectivity index (χ1) is 9.47. The molecule has 0 unspecified atom stereocenters. The summed E-state index contributed by atoms with van der Waals surface area (Å²) in [5.74, 6) is 1.07. The highest BCUT2D eigenvalue weighted by Crippen LogP contribution is 2.14. The first-order valence-electron chi connectivity index (χ1n) is 6.68. The van der Waals surface area contributed by atoms with Gasteiger partial charge in [0.2, 0.25) is 23.8 Å². The van der Waals surface area contributed by atoms with Gasteiger partial charge in [-0.15, -0.1) is 0 Å². The van der Waals surface area contributed by atoms with Crippen molar-refractivity contribution in [3.8, 4) is 0 Å². The van der Waals surface area contributed by atoms with Crippen molar-refractivity contribution < 1.29 is 4.79 Å². The van der Waals surface area contributed by atoms with Gasteiger partial charge in [-0.3, -0.25) is 4.79 Å². The number of likely N-dealkylation sites (N-methyl/N-ethyl adjacent to an activating group) is 1. The van der Waals surface area contributed by atoms with Crippen molar-refractivity contribution >= 4 is 23.8 Å². The minimum Gasteiger partial charge on any atom is -0.368 e. The molecule has 1 heterocycles. The third-order valence-electron chi connectivity index (χ3n) is 2.56. The second-order valence-electron chi connectivity index (χ2n) is 4.56. The highest BCUT2D eigenvalue weighted by Gasteiger charge is 2.14. The average Bonchev–Trinajstić information content (AvgIpc) is 2.41. The van der Waals surface area contributed by atoms with Crippen LogP contribution in [0.1, 0.15) is 20.3 Å². The first kappa shape index (κ1) is 15.9. The molecule has 0 spiro atoms. The van der Waals surface area contributed by atoms with E-state index in [1.54, 1.807) is 9.80 Å². The van der Waals surface area contributed by atoms with Crippen LogP contribution < -0.4 is 20.9 Å². The van der Waals surface area contributed by atoms with Gasteiger partial charge < -0.3 is 20.9 Å². The zero-order chi connectivity index (χ0) is 15.1. The zero-order valence-corrected chi connectivity index (χ0v) is 12.6. The van der Waals surface area contributed by atoms with E-state index in [9.17, 15) is 4.79 Å². The summed E-state index contributed by atoms with van der Waals surface area (Å²) in [6.45, 7) is 5.43. The summed E-state index contributed by atoms with van der Waals surface area (Å²) in [4.78, 5) is 27.6. The van der Waals surface area contributed by atoms with Crippen LogP contribution in [-0.2, 0) is 4.79 Å². The Labute approximate surface area is 119 Å². The lowest BCUT2D eigenvalue weighted by Crippen LogP contribution is -2.35. The van der Waals surface area contributed by atoms with Crippen LogP contribution in [0.5, 0.6) is 0 Å². The van der Waals surface area contributed by atoms with E-state index in [0.717, 1.165) is 13.0 Å². The quantitative estimate of drug-likeness (QED) is 0.695. The molecule has 0 saturated carbocycles. The van der Waals surface area contributed by atoms with Crippen molar-refractivity contribution in [1.82, 2.24) is 15.0 Å². The number of primary amides is 1. The number of hydrogen-bond acceptors (Lipinski definition) is 7. The predicted octanol–water partition coefficient (Wildman–Crippen LogP) is 0.0711. The summed E-state index contributed by atoms with van der Waals surface area (Å²) in [6.07, 6.45) is 0.969. The van der Waals surface area contributed by atoms with Crippen LogP contribution in [0, 0.1) is 0 Å². The molecule has 8 heteroatoms. The van der Waals surface area contributed by atoms with Gasteiger partial charge in [-0.05, 0) is 13.3 Å². The van der Waals surface area contributed by atoms with Crippen LogP contribution in [0.15, 0.2) is 0 Å². The molecular weight excluding hydrogens is 258 g/mol. The first-order valence-corrected chi connectivity index (χ1v) is 6.68. The van der Waals surface area contributed by atoms with E-state index in [-0.39, 0.29) is 6.54 Å². The SMILES string of the molecule is CCCNc1nc(N(C)C)nc(N(CC)CC(N)=O)n1. The lowest BCUT2D eigenvalue weighted by atomic mass is 10.5. The lowest BCUT2D eigenvalue weighted by Gasteiger charge is -2.21. The third kappa shape index (κ3) is 4.52. The molecule has 20 heavy (non-hydrogen) atoms. The average molecular weight is 281 g/mol. The Kier molecular flexibility index (Phi) is 5.95. The molecule has 0 aromatic carbocycles. The maximum atomic E-state index is 11.1. The van der Waals surface area contributed by atoms with Crippen LogP contribution in [-0.4, -0.2) is 54.6 Å². The monoisotopic (exact) mass is 281 g/mol. The third-order valence-corrected chi connectivity index (χ3v) is 2.56. The second-order valence-corrected chi connectivity index (χ2v) is 4.56. The van der Waals surface area contributed by atoms with E-state index in [1.807, 2.05) is 21.0 Å². The minimum absolute atomic E-state index is 0.0839. The number of rotatable bonds is 8. The molecule has 0 aliphatic rings. The maximum absolute atomic E-state index is 11.1. The van der Waals surface area contributed by atoms with Gasteiger partial charge in [0.15, 0.2) is 0 Å². The Morgan fingerprint density at radius 2 is 1.85 bits per heavy atom. The fourth-order valence-electron chi connectivity index (χ4n) is 1.52. The summed E-state index contributed by atoms with van der Waals surface area (Å²) in [6, 6.07) is 0. The second kappa shape index (κ2) is 7.46. The van der Waals surface area contributed by atoms with Gasteiger partial charge in [0.25, 0.3) is 0 Å². The van der Waals surface area contributed by atoms with E-state index in [4.69, 9.17) is 5.73 Å². The fraction of sp³-hybridized carbons (Fsp3) is 0.667. The van der Waals surface area contributed by atoms with E-state index < -0.39 is 5.91 Å². The summed E-state index contributed by atoms with van der Waals surface area (Å²) in [5.41, 5.74) is 5.24. The van der Waals surface area contributed by atoms with Gasteiger partial charge in [-0.1, -0.05) is 6.92 Å². The van der Waals surface area contributed by atoms with Crippen molar-refractivity contribution in [2.75, 3.05) is 48.8 Å². The van der Waals surface area contributed by atoms with Crippen molar-refractivity contribution in [2.24, 2.45) is 5.73 Å². The Bertz CT molecular complexity index is 449. The Hall–Kier alpha value is -2.12. The van der Waals surface area contributed by atoms with E-state index in [0.29, 0.717) is 24.4 Å². The van der Waals surface area contributed by atoms with Gasteiger partial charge in [0.1, 0.15) is 0 Å². The standard InChI is InChI=1S/C12H23N7O/c1-5-7-14-10-15-11(18(3)4)17-12(16-10)19(6-2)8-9(13)20/h5-8H2,1-4H3,(H2,13,20)(H,14,15,16,17). The lowest BCUT2D eigenvalue weighted by molar-refractivity contribution is -0.116. The summed E-state index contributed by atoms with van der Waals surface area (Å²) < 4.78 is 0. The molecule has 0 atom stereocenters. The Morgan fingerprint density at radius 1 is 1.20 bits per heavy atom. The van der Waals surface area contributed by atoms with Crippen LogP contribution >= 0.6 is 0 Å². The molecule has 0 radical (unpaired) electrons. The number of nitrogens with two attached hydrogens (primary N) is 1. The number of nitrogens with one attached hydrogen (secondary N) is 1. The topological polar surface area (TPSA) is 100 Å². The van der Waals surface area contributed by atoms with Gasteiger partial charge >= 0.3 is 0 Å². The zero-order valence-electron chi connectivity index (χ0n) is 12.6. The normalized spacial score (nSPS) is 10.2. The number of nitrogens with zero attached hydrogens (tertiary/aromatic N) is 5. The number of hydrogen-bond donors (Lipinski definition) is 2. The Morgan fingerprint density at radius 3 is 2.35 bits per heavy atom. The molecule has 1 aromatic heterocycles. The number of aromatic nitrogens is 3. The van der Waals surface area contributed by atoms with Crippen molar-refractivity contribution in [1.29, 1.82) is 0 Å². The van der Waals surface area contributed by atoms with Gasteiger partial charge in [0, 0.05) is 27.2 Å². The molecule has 0 fully saturated rings. The fourth-order valence-corrected chi connectivity index (χ4v) is 1.52. The van der Waals surface area contributed by atoms with Crippen molar-refractivity contribution in [2.45, 2.75) is 20.3 Å². The number of carbonyl (C=O) groups is 1. The van der Waals surface area contributed by atoms with Crippen LogP contribution in [0.25, 0.3) is 0 Å². The van der Waals surface area contributed by atoms with Crippen LogP contribution in [0.2, 0.25) is 0 Å². The predicted molar refractivity (Wildman–Crippen MR) is 80.0 cm³/mol. The van der Waals surface area contributed by atoms with E-state index in [2.05, 4.69) is 27.2 Å². The highest BCUT2D eigenvalue weighted by atomic mass is 16.1. The molecule has 112 valence electrons. The summed E-state index contributed by atoms with van der Waals surface area (Å²) >= 11 is 0. The molecule has 0 bridgehead atoms.